The number of Topliss-reactive ketones (excluding diaryl/α,β-unsaturated/α-hetero) is 1. The lowest BCUT2D eigenvalue weighted by Gasteiger charge is -2.42. The number of fused-ring (bicyclic) bond motifs is 1. The van der Waals surface area contributed by atoms with E-state index >= 15 is 0 Å². The van der Waals surface area contributed by atoms with E-state index in [4.69, 9.17) is 8.92 Å². The van der Waals surface area contributed by atoms with Gasteiger partial charge in [-0.25, -0.2) is 0 Å². The van der Waals surface area contributed by atoms with Gasteiger partial charge in [-0.1, -0.05) is 47.5 Å². The van der Waals surface area contributed by atoms with Crippen molar-refractivity contribution in [1.29, 1.82) is 0 Å². The highest BCUT2D eigenvalue weighted by Crippen LogP contribution is 2.55. The number of carbonyl (C=O) groups is 1. The van der Waals surface area contributed by atoms with Crippen molar-refractivity contribution in [2.75, 3.05) is 6.61 Å². The van der Waals surface area contributed by atoms with Gasteiger partial charge in [0.25, 0.3) is 0 Å². The van der Waals surface area contributed by atoms with Gasteiger partial charge in [0, 0.05) is 18.9 Å². The van der Waals surface area contributed by atoms with Crippen LogP contribution < -0.4 is 0 Å². The van der Waals surface area contributed by atoms with Crippen LogP contribution in [0.2, 0.25) is 0 Å². The van der Waals surface area contributed by atoms with Gasteiger partial charge < -0.3 is 8.92 Å². The first-order valence-corrected chi connectivity index (χ1v) is 12.2. The molecule has 28 heavy (non-hydrogen) atoms. The molecule has 4 heteroatoms. The number of rotatable bonds is 10. The van der Waals surface area contributed by atoms with Crippen molar-refractivity contribution in [2.24, 2.45) is 17.3 Å². The molecule has 2 aliphatic rings. The molecule has 2 fully saturated rings. The van der Waals surface area contributed by atoms with Gasteiger partial charge in [-0.2, -0.15) is 0 Å². The highest BCUT2D eigenvalue weighted by atomic mass is 32.1. The number of ether oxygens (including phenoxy) is 1. The van der Waals surface area contributed by atoms with Gasteiger partial charge in [0.1, 0.15) is 5.78 Å². The van der Waals surface area contributed by atoms with Gasteiger partial charge in [0.2, 0.25) is 0 Å². The second-order valence-electron chi connectivity index (χ2n) is 9.22. The van der Waals surface area contributed by atoms with Crippen LogP contribution in [0.15, 0.2) is 0 Å². The molecule has 0 amide bonds. The van der Waals surface area contributed by atoms with Crippen molar-refractivity contribution >= 4 is 18.7 Å². The molecule has 0 bridgehead atoms. The highest BCUT2D eigenvalue weighted by molar-refractivity contribution is 7.75. The van der Waals surface area contributed by atoms with Crippen LogP contribution in [-0.4, -0.2) is 24.1 Å². The van der Waals surface area contributed by atoms with Crippen LogP contribution in [0.3, 0.4) is 0 Å². The number of carbonyl (C=O) groups excluding carboxylic acids is 1. The quantitative estimate of drug-likeness (QED) is 0.233. The van der Waals surface area contributed by atoms with Crippen LogP contribution >= 0.6 is 12.9 Å². The lowest BCUT2D eigenvalue weighted by Crippen LogP contribution is -2.41. The molecular formula is C24H46O3S. The molecule has 1 unspecified atom stereocenters. The van der Waals surface area contributed by atoms with Crippen LogP contribution in [0.25, 0.3) is 0 Å². The standard InChI is InChI=1S/C20H36O3S.C4H10/c1-5-20(6-2,23-24)13-8-14-22-15(3)16-10-11-17-18(21)9-7-12-19(16,17)4;1-3-4-2/h15-17,24H,5-14H2,1-4H3;3-4H2,1-2H3/t15-,16?,17+,19-;/m1./s1. The Morgan fingerprint density at radius 1 is 1.18 bits per heavy atom. The van der Waals surface area contributed by atoms with E-state index in [2.05, 4.69) is 54.5 Å². The molecule has 0 spiro atoms. The first-order valence-electron chi connectivity index (χ1n) is 11.8. The highest BCUT2D eigenvalue weighted by Gasteiger charge is 2.52. The van der Waals surface area contributed by atoms with Crippen LogP contribution in [0.4, 0.5) is 0 Å². The molecule has 166 valence electrons. The molecular weight excluding hydrogens is 368 g/mol. The zero-order valence-electron chi connectivity index (χ0n) is 19.4. The van der Waals surface area contributed by atoms with Gasteiger partial charge in [0.05, 0.1) is 11.7 Å². The summed E-state index contributed by atoms with van der Waals surface area (Å²) >= 11 is 4.07. The van der Waals surface area contributed by atoms with Crippen LogP contribution in [0, 0.1) is 17.3 Å². The van der Waals surface area contributed by atoms with Crippen molar-refractivity contribution in [2.45, 2.75) is 124 Å². The smallest absolute Gasteiger partial charge is 0.136 e. The Bertz CT molecular complexity index is 439. The first kappa shape index (κ1) is 26.0. The summed E-state index contributed by atoms with van der Waals surface area (Å²) in [6.07, 6.45) is 12.1. The minimum atomic E-state index is -0.115. The summed E-state index contributed by atoms with van der Waals surface area (Å²) in [5.41, 5.74) is 0.0511. The van der Waals surface area contributed by atoms with Gasteiger partial charge in [-0.3, -0.25) is 4.79 Å². The SMILES string of the molecule is CCC(CC)(CCCO[C@H](C)C1CC[C@H]2C(=O)CCC[C@]12C)OS.CCCC. The molecule has 0 saturated heterocycles. The third kappa shape index (κ3) is 6.47. The molecule has 0 aromatic heterocycles. The lowest BCUT2D eigenvalue weighted by atomic mass is 9.64. The zero-order chi connectivity index (χ0) is 21.2. The summed E-state index contributed by atoms with van der Waals surface area (Å²) in [4.78, 5) is 12.3. The van der Waals surface area contributed by atoms with Crippen molar-refractivity contribution in [3.05, 3.63) is 0 Å². The van der Waals surface area contributed by atoms with Crippen molar-refractivity contribution in [1.82, 2.24) is 0 Å². The van der Waals surface area contributed by atoms with Gasteiger partial charge >= 0.3 is 0 Å². The molecule has 0 aliphatic heterocycles. The van der Waals surface area contributed by atoms with E-state index in [1.807, 2.05) is 0 Å². The number of hydrogen-bond acceptors (Lipinski definition) is 4. The van der Waals surface area contributed by atoms with Crippen molar-refractivity contribution in [3.63, 3.8) is 0 Å². The molecule has 2 aliphatic carbocycles. The van der Waals surface area contributed by atoms with Gasteiger partial charge in [0.15, 0.2) is 0 Å². The molecule has 3 nitrogen and oxygen atoms in total. The average molecular weight is 415 g/mol. The van der Waals surface area contributed by atoms with Gasteiger partial charge in [-0.05, 0) is 82.5 Å². The number of ketones is 1. The number of unbranched alkanes of at least 4 members (excludes halogenated alkanes) is 1. The fourth-order valence-electron chi connectivity index (χ4n) is 5.30. The second-order valence-corrected chi connectivity index (χ2v) is 9.41. The largest absolute Gasteiger partial charge is 0.378 e. The van der Waals surface area contributed by atoms with Gasteiger partial charge in [-0.15, -0.1) is 0 Å². The van der Waals surface area contributed by atoms with E-state index in [9.17, 15) is 4.79 Å². The molecule has 0 aromatic carbocycles. The summed E-state index contributed by atoms with van der Waals surface area (Å²) in [7, 11) is 0. The van der Waals surface area contributed by atoms with E-state index in [1.165, 1.54) is 19.3 Å². The summed E-state index contributed by atoms with van der Waals surface area (Å²) in [6, 6.07) is 0. The van der Waals surface area contributed by atoms with Crippen LogP contribution in [0.1, 0.15) is 112 Å². The minimum absolute atomic E-state index is 0.115. The van der Waals surface area contributed by atoms with E-state index in [0.717, 1.165) is 58.0 Å². The Kier molecular flexibility index (Phi) is 11.7. The predicted octanol–water partition coefficient (Wildman–Crippen LogP) is 7.18. The molecule has 0 radical (unpaired) electrons. The Labute approximate surface area is 180 Å². The van der Waals surface area contributed by atoms with E-state index < -0.39 is 0 Å². The number of hydrogen-bond donors (Lipinski definition) is 1. The summed E-state index contributed by atoms with van der Waals surface area (Å²) in [5.74, 6) is 1.31. The van der Waals surface area contributed by atoms with Crippen LogP contribution in [0.5, 0.6) is 0 Å². The Balaban J connectivity index is 0.000000892. The molecule has 4 atom stereocenters. The molecule has 0 N–H and O–H groups in total. The number of thiol groups is 1. The first-order chi connectivity index (χ1) is 13.3. The maximum atomic E-state index is 12.3. The Morgan fingerprint density at radius 3 is 2.36 bits per heavy atom. The summed E-state index contributed by atoms with van der Waals surface area (Å²) in [6.45, 7) is 14.0. The Hall–Kier alpha value is -0.0600. The fraction of sp³-hybridized carbons (Fsp3) is 0.958. The third-order valence-electron chi connectivity index (χ3n) is 7.64. The average Bonchev–Trinajstić information content (AvgIpc) is 3.07. The zero-order valence-corrected chi connectivity index (χ0v) is 20.3. The maximum absolute atomic E-state index is 12.3. The predicted molar refractivity (Wildman–Crippen MR) is 122 cm³/mol. The molecule has 2 saturated carbocycles. The molecule has 0 aromatic rings. The minimum Gasteiger partial charge on any atom is -0.378 e. The second kappa shape index (κ2) is 12.6. The van der Waals surface area contributed by atoms with E-state index in [1.54, 1.807) is 0 Å². The van der Waals surface area contributed by atoms with Crippen LogP contribution in [-0.2, 0) is 13.7 Å². The maximum Gasteiger partial charge on any atom is 0.136 e. The van der Waals surface area contributed by atoms with Crippen molar-refractivity contribution < 1.29 is 13.7 Å². The van der Waals surface area contributed by atoms with Crippen molar-refractivity contribution in [3.8, 4) is 0 Å². The van der Waals surface area contributed by atoms with E-state index in [-0.39, 0.29) is 23.0 Å². The molecule has 2 rings (SSSR count). The third-order valence-corrected chi connectivity index (χ3v) is 8.03. The molecule has 0 heterocycles. The normalized spacial score (nSPS) is 28.5. The van der Waals surface area contributed by atoms with E-state index in [0.29, 0.717) is 11.7 Å². The lowest BCUT2D eigenvalue weighted by molar-refractivity contribution is -0.131. The monoisotopic (exact) mass is 414 g/mol. The summed E-state index contributed by atoms with van der Waals surface area (Å²) < 4.78 is 11.7. The topological polar surface area (TPSA) is 35.5 Å². The Morgan fingerprint density at radius 2 is 1.82 bits per heavy atom. The fourth-order valence-corrected chi connectivity index (χ4v) is 5.65. The summed E-state index contributed by atoms with van der Waals surface area (Å²) in [5, 5.41) is 0.